The second-order valence-corrected chi connectivity index (χ2v) is 4.30. The SMILES string of the molecule is Cc1nn(CCCc2ccccc2)cc1CN. The van der Waals surface area contributed by atoms with Crippen LogP contribution >= 0.6 is 0 Å². The highest BCUT2D eigenvalue weighted by Gasteiger charge is 2.02. The molecular weight excluding hydrogens is 210 g/mol. The van der Waals surface area contributed by atoms with Crippen LogP contribution < -0.4 is 5.73 Å². The number of hydrogen-bond donors (Lipinski definition) is 1. The topological polar surface area (TPSA) is 43.8 Å². The standard InChI is InChI=1S/C14H19N3/c1-12-14(10-15)11-17(16-12)9-5-8-13-6-3-2-4-7-13/h2-4,6-7,11H,5,8-10,15H2,1H3. The number of rotatable bonds is 5. The van der Waals surface area contributed by atoms with Crippen LogP contribution in [0.3, 0.4) is 0 Å². The van der Waals surface area contributed by atoms with Crippen molar-refractivity contribution in [2.24, 2.45) is 5.73 Å². The van der Waals surface area contributed by atoms with E-state index >= 15 is 0 Å². The summed E-state index contributed by atoms with van der Waals surface area (Å²) in [6, 6.07) is 10.5. The first-order valence-corrected chi connectivity index (χ1v) is 6.06. The zero-order valence-electron chi connectivity index (χ0n) is 10.3. The van der Waals surface area contributed by atoms with Crippen molar-refractivity contribution in [1.29, 1.82) is 0 Å². The van der Waals surface area contributed by atoms with Gasteiger partial charge in [-0.15, -0.1) is 0 Å². The molecule has 2 aromatic rings. The minimum atomic E-state index is 0.574. The van der Waals surface area contributed by atoms with Crippen molar-refractivity contribution in [3.8, 4) is 0 Å². The maximum atomic E-state index is 5.63. The van der Waals surface area contributed by atoms with Crippen LogP contribution in [0.15, 0.2) is 36.5 Å². The predicted molar refractivity (Wildman–Crippen MR) is 69.6 cm³/mol. The maximum Gasteiger partial charge on any atom is 0.0638 e. The fraction of sp³-hybridized carbons (Fsp3) is 0.357. The van der Waals surface area contributed by atoms with E-state index in [0.717, 1.165) is 30.6 Å². The zero-order chi connectivity index (χ0) is 12.1. The second kappa shape index (κ2) is 5.64. The summed E-state index contributed by atoms with van der Waals surface area (Å²) in [7, 11) is 0. The number of nitrogens with zero attached hydrogens (tertiary/aromatic N) is 2. The molecule has 1 aromatic carbocycles. The quantitative estimate of drug-likeness (QED) is 0.854. The van der Waals surface area contributed by atoms with E-state index in [2.05, 4.69) is 35.6 Å². The summed E-state index contributed by atoms with van der Waals surface area (Å²) in [6.07, 6.45) is 4.26. The summed E-state index contributed by atoms with van der Waals surface area (Å²) < 4.78 is 2.00. The van der Waals surface area contributed by atoms with E-state index in [1.807, 2.05) is 17.7 Å². The highest BCUT2D eigenvalue weighted by molar-refractivity contribution is 5.15. The fourth-order valence-electron chi connectivity index (χ4n) is 1.96. The van der Waals surface area contributed by atoms with Crippen LogP contribution in [0.1, 0.15) is 23.2 Å². The summed E-state index contributed by atoms with van der Waals surface area (Å²) in [5.41, 5.74) is 9.21. The van der Waals surface area contributed by atoms with E-state index in [1.54, 1.807) is 0 Å². The first-order chi connectivity index (χ1) is 8.29. The molecule has 3 heteroatoms. The molecule has 0 radical (unpaired) electrons. The number of aryl methyl sites for hydroxylation is 3. The van der Waals surface area contributed by atoms with Gasteiger partial charge in [0, 0.05) is 24.8 Å². The van der Waals surface area contributed by atoms with Crippen LogP contribution in [0.2, 0.25) is 0 Å². The molecule has 2 N–H and O–H groups in total. The molecule has 0 fully saturated rings. The van der Waals surface area contributed by atoms with Gasteiger partial charge in [0.15, 0.2) is 0 Å². The van der Waals surface area contributed by atoms with E-state index in [9.17, 15) is 0 Å². The molecule has 0 saturated carbocycles. The van der Waals surface area contributed by atoms with Gasteiger partial charge in [-0.1, -0.05) is 30.3 Å². The molecule has 0 saturated heterocycles. The Morgan fingerprint density at radius 3 is 2.65 bits per heavy atom. The van der Waals surface area contributed by atoms with Crippen LogP contribution in [-0.4, -0.2) is 9.78 Å². The van der Waals surface area contributed by atoms with Gasteiger partial charge >= 0.3 is 0 Å². The van der Waals surface area contributed by atoms with Gasteiger partial charge in [0.2, 0.25) is 0 Å². The lowest BCUT2D eigenvalue weighted by Gasteiger charge is -2.02. The third-order valence-electron chi connectivity index (χ3n) is 2.96. The predicted octanol–water partition coefficient (Wildman–Crippen LogP) is 2.28. The zero-order valence-corrected chi connectivity index (χ0v) is 10.3. The molecule has 1 heterocycles. The minimum Gasteiger partial charge on any atom is -0.326 e. The molecule has 0 aliphatic rings. The molecule has 0 unspecified atom stereocenters. The van der Waals surface area contributed by atoms with Gasteiger partial charge in [0.1, 0.15) is 0 Å². The molecule has 17 heavy (non-hydrogen) atoms. The third kappa shape index (κ3) is 3.17. The molecule has 90 valence electrons. The molecule has 1 aromatic heterocycles. The lowest BCUT2D eigenvalue weighted by atomic mass is 10.1. The number of aromatic nitrogens is 2. The molecule has 0 aliphatic heterocycles. The monoisotopic (exact) mass is 229 g/mol. The Hall–Kier alpha value is -1.61. The highest BCUT2D eigenvalue weighted by Crippen LogP contribution is 2.07. The van der Waals surface area contributed by atoms with Crippen molar-refractivity contribution in [3.63, 3.8) is 0 Å². The average Bonchev–Trinajstić information content (AvgIpc) is 2.71. The maximum absolute atomic E-state index is 5.63. The Morgan fingerprint density at radius 1 is 1.24 bits per heavy atom. The average molecular weight is 229 g/mol. The van der Waals surface area contributed by atoms with Crippen molar-refractivity contribution in [2.75, 3.05) is 0 Å². The van der Waals surface area contributed by atoms with Crippen LogP contribution in [0.5, 0.6) is 0 Å². The summed E-state index contributed by atoms with van der Waals surface area (Å²) in [4.78, 5) is 0. The molecule has 3 nitrogen and oxygen atoms in total. The van der Waals surface area contributed by atoms with Crippen molar-refractivity contribution < 1.29 is 0 Å². The summed E-state index contributed by atoms with van der Waals surface area (Å²) >= 11 is 0. The summed E-state index contributed by atoms with van der Waals surface area (Å²) in [5, 5.41) is 4.45. The first kappa shape index (κ1) is 11.9. The van der Waals surface area contributed by atoms with Crippen LogP contribution in [0.25, 0.3) is 0 Å². The van der Waals surface area contributed by atoms with Crippen molar-refractivity contribution in [2.45, 2.75) is 32.9 Å². The molecule has 0 spiro atoms. The Morgan fingerprint density at radius 2 is 2.00 bits per heavy atom. The molecule has 0 amide bonds. The summed E-state index contributed by atoms with van der Waals surface area (Å²) in [5.74, 6) is 0. The van der Waals surface area contributed by atoms with Gasteiger partial charge in [-0.25, -0.2) is 0 Å². The fourth-order valence-corrected chi connectivity index (χ4v) is 1.96. The molecule has 2 rings (SSSR count). The van der Waals surface area contributed by atoms with Gasteiger partial charge < -0.3 is 5.73 Å². The first-order valence-electron chi connectivity index (χ1n) is 6.06. The summed E-state index contributed by atoms with van der Waals surface area (Å²) in [6.45, 7) is 3.54. The van der Waals surface area contributed by atoms with E-state index in [4.69, 9.17) is 5.73 Å². The van der Waals surface area contributed by atoms with E-state index in [1.165, 1.54) is 5.56 Å². The van der Waals surface area contributed by atoms with E-state index in [0.29, 0.717) is 6.54 Å². The second-order valence-electron chi connectivity index (χ2n) is 4.30. The van der Waals surface area contributed by atoms with Crippen LogP contribution in [0.4, 0.5) is 0 Å². The van der Waals surface area contributed by atoms with Gasteiger partial charge in [0.05, 0.1) is 5.69 Å². The van der Waals surface area contributed by atoms with E-state index in [-0.39, 0.29) is 0 Å². The lowest BCUT2D eigenvalue weighted by molar-refractivity contribution is 0.575. The van der Waals surface area contributed by atoms with Crippen LogP contribution in [-0.2, 0) is 19.5 Å². The number of hydrogen-bond acceptors (Lipinski definition) is 2. The van der Waals surface area contributed by atoms with Crippen molar-refractivity contribution in [1.82, 2.24) is 9.78 Å². The van der Waals surface area contributed by atoms with Gasteiger partial charge in [-0.05, 0) is 25.3 Å². The smallest absolute Gasteiger partial charge is 0.0638 e. The Bertz CT molecular complexity index is 460. The Labute approximate surface area is 102 Å². The van der Waals surface area contributed by atoms with E-state index < -0.39 is 0 Å². The number of benzene rings is 1. The van der Waals surface area contributed by atoms with Gasteiger partial charge in [-0.3, -0.25) is 4.68 Å². The lowest BCUT2D eigenvalue weighted by Crippen LogP contribution is -2.00. The van der Waals surface area contributed by atoms with Crippen molar-refractivity contribution in [3.05, 3.63) is 53.3 Å². The molecule has 0 atom stereocenters. The molecular formula is C14H19N3. The van der Waals surface area contributed by atoms with Gasteiger partial charge in [-0.2, -0.15) is 5.10 Å². The van der Waals surface area contributed by atoms with Crippen LogP contribution in [0, 0.1) is 6.92 Å². The largest absolute Gasteiger partial charge is 0.326 e. The molecule has 0 bridgehead atoms. The van der Waals surface area contributed by atoms with Crippen molar-refractivity contribution >= 4 is 0 Å². The molecule has 0 aliphatic carbocycles. The minimum absolute atomic E-state index is 0.574. The third-order valence-corrected chi connectivity index (χ3v) is 2.96. The normalized spacial score (nSPS) is 10.7. The Balaban J connectivity index is 1.86. The Kier molecular flexibility index (Phi) is 3.94. The highest BCUT2D eigenvalue weighted by atomic mass is 15.3. The number of nitrogens with two attached hydrogens (primary N) is 1. The van der Waals surface area contributed by atoms with Gasteiger partial charge in [0.25, 0.3) is 0 Å².